The number of sulfonamides is 1. The summed E-state index contributed by atoms with van der Waals surface area (Å²) < 4.78 is 49.1. The van der Waals surface area contributed by atoms with Crippen molar-refractivity contribution in [3.05, 3.63) is 73.8 Å². The van der Waals surface area contributed by atoms with E-state index in [1.54, 1.807) is 19.9 Å². The second-order valence-corrected chi connectivity index (χ2v) is 10.6. The van der Waals surface area contributed by atoms with E-state index in [9.17, 15) is 18.3 Å². The van der Waals surface area contributed by atoms with Crippen LogP contribution in [0.2, 0.25) is 5.02 Å². The van der Waals surface area contributed by atoms with Crippen molar-refractivity contribution < 1.29 is 22.3 Å². The molecule has 0 fully saturated rings. The predicted molar refractivity (Wildman–Crippen MR) is 124 cm³/mol. The van der Waals surface area contributed by atoms with Gasteiger partial charge in [0.15, 0.2) is 0 Å². The van der Waals surface area contributed by atoms with E-state index in [-0.39, 0.29) is 39.3 Å². The average Bonchev–Trinajstić information content (AvgIpc) is 3.17. The van der Waals surface area contributed by atoms with Crippen molar-refractivity contribution in [3.8, 4) is 0 Å². The summed E-state index contributed by atoms with van der Waals surface area (Å²) in [5.74, 6) is -2.39. The van der Waals surface area contributed by atoms with Crippen molar-refractivity contribution in [1.29, 1.82) is 0 Å². The van der Waals surface area contributed by atoms with Crippen molar-refractivity contribution in [3.63, 3.8) is 0 Å². The zero-order valence-corrected chi connectivity index (χ0v) is 20.5. The third-order valence-electron chi connectivity index (χ3n) is 6.20. The average molecular weight is 511 g/mol. The molecule has 0 saturated heterocycles. The molecule has 12 heteroatoms. The van der Waals surface area contributed by atoms with Gasteiger partial charge in [-0.15, -0.1) is 5.10 Å². The number of aliphatic hydroxyl groups excluding tert-OH is 1. The Balaban J connectivity index is 1.93. The number of rotatable bonds is 5. The fraction of sp³-hybridized carbons (Fsp3) is 0.364. The van der Waals surface area contributed by atoms with E-state index in [0.717, 1.165) is 9.87 Å². The van der Waals surface area contributed by atoms with Crippen molar-refractivity contribution in [2.45, 2.75) is 50.7 Å². The molecule has 9 nitrogen and oxygen atoms in total. The first-order valence-electron chi connectivity index (χ1n) is 10.5. The van der Waals surface area contributed by atoms with Crippen LogP contribution in [0.3, 0.4) is 0 Å². The highest BCUT2D eigenvalue weighted by Crippen LogP contribution is 2.45. The summed E-state index contributed by atoms with van der Waals surface area (Å²) in [6.45, 7) is 6.41. The Morgan fingerprint density at radius 3 is 2.59 bits per heavy atom. The first-order valence-corrected chi connectivity index (χ1v) is 12.3. The molecule has 0 saturated carbocycles. The van der Waals surface area contributed by atoms with E-state index >= 15 is 4.39 Å². The second-order valence-electron chi connectivity index (χ2n) is 8.36. The molecule has 0 spiro atoms. The van der Waals surface area contributed by atoms with E-state index < -0.39 is 39.7 Å². The number of hydrogen-bond acceptors (Lipinski definition) is 7. The molecule has 0 radical (unpaired) electrons. The number of anilines is 1. The molecule has 34 heavy (non-hydrogen) atoms. The molecule has 3 atom stereocenters. The van der Waals surface area contributed by atoms with Crippen LogP contribution in [0, 0.1) is 19.7 Å². The highest BCUT2D eigenvalue weighted by Gasteiger charge is 2.45. The molecule has 0 aliphatic carbocycles. The van der Waals surface area contributed by atoms with E-state index in [1.165, 1.54) is 25.1 Å². The van der Waals surface area contributed by atoms with Gasteiger partial charge in [0.25, 0.3) is 0 Å². The molecule has 4 rings (SSSR count). The summed E-state index contributed by atoms with van der Waals surface area (Å²) in [7, 11) is -4.29. The van der Waals surface area contributed by atoms with Crippen LogP contribution in [0.1, 0.15) is 60.1 Å². The van der Waals surface area contributed by atoms with Crippen molar-refractivity contribution in [2.24, 2.45) is 0 Å². The smallest absolute Gasteiger partial charge is 0.391 e. The Kier molecular flexibility index (Phi) is 6.32. The Morgan fingerprint density at radius 2 is 1.97 bits per heavy atom. The molecule has 1 aliphatic heterocycles. The molecule has 3 aromatic rings. The van der Waals surface area contributed by atoms with Gasteiger partial charge >= 0.3 is 5.76 Å². The van der Waals surface area contributed by atoms with Crippen LogP contribution in [0.5, 0.6) is 0 Å². The van der Waals surface area contributed by atoms with Gasteiger partial charge in [-0.3, -0.25) is 0 Å². The Hall–Kier alpha value is -2.73. The number of fused-ring (bicyclic) bond motifs is 1. The van der Waals surface area contributed by atoms with Gasteiger partial charge in [0.1, 0.15) is 16.8 Å². The van der Waals surface area contributed by atoms with Crippen molar-refractivity contribution in [2.75, 3.05) is 12.0 Å². The summed E-state index contributed by atoms with van der Waals surface area (Å²) in [6, 6.07) is 4.61. The number of H-pyrrole nitrogens is 1. The number of aromatic nitrogens is 2. The number of hydrogen-bond donors (Lipinski definition) is 3. The molecule has 2 unspecified atom stereocenters. The Morgan fingerprint density at radius 1 is 1.26 bits per heavy atom. The van der Waals surface area contributed by atoms with Gasteiger partial charge in [0, 0.05) is 16.5 Å². The number of halogens is 2. The largest absolute Gasteiger partial charge is 0.434 e. The molecular formula is C22H24ClFN4O5S. The molecule has 1 aromatic heterocycles. The van der Waals surface area contributed by atoms with E-state index in [1.807, 2.05) is 6.92 Å². The maximum Gasteiger partial charge on any atom is 0.434 e. The third-order valence-corrected chi connectivity index (χ3v) is 8.37. The van der Waals surface area contributed by atoms with E-state index in [2.05, 4.69) is 15.5 Å². The summed E-state index contributed by atoms with van der Waals surface area (Å²) in [4.78, 5) is 11.6. The lowest BCUT2D eigenvalue weighted by Crippen LogP contribution is -2.44. The van der Waals surface area contributed by atoms with Gasteiger partial charge in [-0.1, -0.05) is 24.6 Å². The zero-order chi connectivity index (χ0) is 24.9. The molecule has 0 bridgehead atoms. The van der Waals surface area contributed by atoms with Gasteiger partial charge in [-0.2, -0.15) is 4.31 Å². The SMILES string of the molecule is Cc1ccc(F)c(C(C)[C@@H](c2n[nH]c(=O)o2)N2CNc3cc(Cl)cc(C(C)O)c3S2(=O)=O)c1C. The molecule has 2 aromatic carbocycles. The maximum atomic E-state index is 15.0. The summed E-state index contributed by atoms with van der Waals surface area (Å²) >= 11 is 6.13. The standard InChI is InChI=1S/C22H24ClFN4O5S/c1-10-5-6-16(24)18(11(10)2)12(3)19(21-26-27-22(30)33-21)28-9-25-17-8-14(23)7-15(13(4)29)20(17)34(28,31)32/h5-8,12-13,19,25,29H,9H2,1-4H3,(H,27,30)/t12?,13?,19-/m0/s1. The van der Waals surface area contributed by atoms with Gasteiger partial charge in [-0.05, 0) is 55.7 Å². The lowest BCUT2D eigenvalue weighted by molar-refractivity contribution is 0.194. The first kappa shape index (κ1) is 24.4. The fourth-order valence-electron chi connectivity index (χ4n) is 4.43. The van der Waals surface area contributed by atoms with Crippen LogP contribution in [-0.2, 0) is 10.0 Å². The molecule has 1 aliphatic rings. The number of nitrogens with one attached hydrogen (secondary N) is 2. The lowest BCUT2D eigenvalue weighted by Gasteiger charge is -2.38. The predicted octanol–water partition coefficient (Wildman–Crippen LogP) is 3.74. The number of aliphatic hydroxyl groups is 1. The molecule has 3 N–H and O–H groups in total. The highest BCUT2D eigenvalue weighted by atomic mass is 35.5. The van der Waals surface area contributed by atoms with E-state index in [0.29, 0.717) is 5.56 Å². The molecular weight excluding hydrogens is 487 g/mol. The minimum atomic E-state index is -4.29. The minimum Gasteiger partial charge on any atom is -0.391 e. The van der Waals surface area contributed by atoms with Gasteiger partial charge in [0.05, 0.1) is 18.5 Å². The van der Waals surface area contributed by atoms with E-state index in [4.69, 9.17) is 16.0 Å². The number of aromatic amines is 1. The molecule has 2 heterocycles. The Labute approximate surface area is 200 Å². The number of benzene rings is 2. The molecule has 0 amide bonds. The second kappa shape index (κ2) is 8.81. The summed E-state index contributed by atoms with van der Waals surface area (Å²) in [6.07, 6.45) is -1.14. The molecule has 182 valence electrons. The van der Waals surface area contributed by atoms with Crippen LogP contribution in [0.4, 0.5) is 10.1 Å². The maximum absolute atomic E-state index is 15.0. The van der Waals surface area contributed by atoms with Crippen LogP contribution in [-0.4, -0.2) is 34.7 Å². The Bertz CT molecular complexity index is 1420. The number of aryl methyl sites for hydroxylation is 1. The van der Waals surface area contributed by atoms with Crippen LogP contribution >= 0.6 is 11.6 Å². The fourth-order valence-corrected chi connectivity index (χ4v) is 6.64. The normalized spacial score (nSPS) is 18.1. The minimum absolute atomic E-state index is 0.104. The van der Waals surface area contributed by atoms with Crippen LogP contribution in [0.25, 0.3) is 0 Å². The van der Waals surface area contributed by atoms with Gasteiger partial charge in [-0.25, -0.2) is 22.7 Å². The van der Waals surface area contributed by atoms with Crippen LogP contribution < -0.4 is 11.1 Å². The van der Waals surface area contributed by atoms with Crippen LogP contribution in [0.15, 0.2) is 38.4 Å². The van der Waals surface area contributed by atoms with Gasteiger partial charge in [0.2, 0.25) is 15.9 Å². The summed E-state index contributed by atoms with van der Waals surface area (Å²) in [5, 5.41) is 19.6. The van der Waals surface area contributed by atoms with Crippen molar-refractivity contribution in [1.82, 2.24) is 14.5 Å². The van der Waals surface area contributed by atoms with Crippen molar-refractivity contribution >= 4 is 27.3 Å². The monoisotopic (exact) mass is 510 g/mol. The lowest BCUT2D eigenvalue weighted by atomic mass is 9.87. The third kappa shape index (κ3) is 4.02. The topological polar surface area (TPSA) is 129 Å². The highest BCUT2D eigenvalue weighted by molar-refractivity contribution is 7.89. The first-order chi connectivity index (χ1) is 15.9. The number of nitrogens with zero attached hydrogens (tertiary/aromatic N) is 2. The zero-order valence-electron chi connectivity index (χ0n) is 18.9. The summed E-state index contributed by atoms with van der Waals surface area (Å²) in [5.41, 5.74) is 2.08. The quantitative estimate of drug-likeness (QED) is 0.477. The van der Waals surface area contributed by atoms with Gasteiger partial charge < -0.3 is 14.8 Å².